The summed E-state index contributed by atoms with van der Waals surface area (Å²) < 4.78 is 0.968. The van der Waals surface area contributed by atoms with E-state index in [1.165, 1.54) is 0 Å². The van der Waals surface area contributed by atoms with Crippen LogP contribution in [0, 0.1) is 6.92 Å². The van der Waals surface area contributed by atoms with Gasteiger partial charge in [0.1, 0.15) is 0 Å². The Labute approximate surface area is 111 Å². The molecule has 0 atom stereocenters. The number of aryl methyl sites for hydroxylation is 1. The van der Waals surface area contributed by atoms with Crippen molar-refractivity contribution in [3.63, 3.8) is 0 Å². The first-order chi connectivity index (χ1) is 8.04. The SMILES string of the molecule is CCN(C)CCNC(=O)c1ccc(C)c(Br)c1. The van der Waals surface area contributed by atoms with Gasteiger partial charge in [0.2, 0.25) is 0 Å². The van der Waals surface area contributed by atoms with E-state index in [0.717, 1.165) is 23.1 Å². The monoisotopic (exact) mass is 298 g/mol. The molecule has 0 bridgehead atoms. The normalized spacial score (nSPS) is 10.6. The Morgan fingerprint density at radius 3 is 2.76 bits per heavy atom. The van der Waals surface area contributed by atoms with E-state index < -0.39 is 0 Å². The fraction of sp³-hybridized carbons (Fsp3) is 0.462. The summed E-state index contributed by atoms with van der Waals surface area (Å²) in [4.78, 5) is 14.0. The Bertz CT molecular complexity index is 393. The van der Waals surface area contributed by atoms with E-state index in [9.17, 15) is 4.79 Å². The fourth-order valence-electron chi connectivity index (χ4n) is 1.35. The van der Waals surface area contributed by atoms with Gasteiger partial charge in [0.05, 0.1) is 0 Å². The molecular formula is C13H19BrN2O. The smallest absolute Gasteiger partial charge is 0.251 e. The third-order valence-corrected chi connectivity index (χ3v) is 3.61. The molecule has 1 rings (SSSR count). The molecule has 0 saturated carbocycles. The molecule has 1 aromatic rings. The van der Waals surface area contributed by atoms with E-state index in [2.05, 4.69) is 33.1 Å². The van der Waals surface area contributed by atoms with Crippen molar-refractivity contribution in [1.29, 1.82) is 0 Å². The molecule has 1 amide bonds. The number of carbonyl (C=O) groups is 1. The van der Waals surface area contributed by atoms with Gasteiger partial charge in [0.25, 0.3) is 5.91 Å². The zero-order valence-electron chi connectivity index (χ0n) is 10.6. The molecule has 1 aromatic carbocycles. The van der Waals surface area contributed by atoms with Crippen LogP contribution in [0.25, 0.3) is 0 Å². The topological polar surface area (TPSA) is 32.3 Å². The highest BCUT2D eigenvalue weighted by Gasteiger charge is 2.06. The molecule has 0 aliphatic heterocycles. The van der Waals surface area contributed by atoms with Crippen molar-refractivity contribution in [3.8, 4) is 0 Å². The van der Waals surface area contributed by atoms with Gasteiger partial charge in [-0.1, -0.05) is 28.9 Å². The van der Waals surface area contributed by atoms with Crippen molar-refractivity contribution in [2.75, 3.05) is 26.7 Å². The molecule has 0 aliphatic carbocycles. The van der Waals surface area contributed by atoms with Gasteiger partial charge in [0, 0.05) is 23.1 Å². The standard InChI is InChI=1S/C13H19BrN2O/c1-4-16(3)8-7-15-13(17)11-6-5-10(2)12(14)9-11/h5-6,9H,4,7-8H2,1-3H3,(H,15,17). The highest BCUT2D eigenvalue weighted by atomic mass is 79.9. The zero-order valence-corrected chi connectivity index (χ0v) is 12.2. The van der Waals surface area contributed by atoms with E-state index in [1.807, 2.05) is 32.2 Å². The largest absolute Gasteiger partial charge is 0.351 e. The van der Waals surface area contributed by atoms with Gasteiger partial charge in [-0.05, 0) is 38.2 Å². The van der Waals surface area contributed by atoms with Gasteiger partial charge in [-0.15, -0.1) is 0 Å². The fourth-order valence-corrected chi connectivity index (χ4v) is 1.73. The number of hydrogen-bond acceptors (Lipinski definition) is 2. The van der Waals surface area contributed by atoms with Gasteiger partial charge in [-0.25, -0.2) is 0 Å². The summed E-state index contributed by atoms with van der Waals surface area (Å²) >= 11 is 3.43. The summed E-state index contributed by atoms with van der Waals surface area (Å²) in [5, 5.41) is 2.91. The van der Waals surface area contributed by atoms with Crippen LogP contribution in [-0.4, -0.2) is 37.5 Å². The Balaban J connectivity index is 2.50. The Morgan fingerprint density at radius 1 is 1.47 bits per heavy atom. The molecule has 0 saturated heterocycles. The van der Waals surface area contributed by atoms with Gasteiger partial charge in [-0.2, -0.15) is 0 Å². The van der Waals surface area contributed by atoms with Crippen LogP contribution in [0.1, 0.15) is 22.8 Å². The highest BCUT2D eigenvalue weighted by molar-refractivity contribution is 9.10. The van der Waals surface area contributed by atoms with Crippen LogP contribution < -0.4 is 5.32 Å². The minimum atomic E-state index is -0.0183. The van der Waals surface area contributed by atoms with E-state index >= 15 is 0 Å². The highest BCUT2D eigenvalue weighted by Crippen LogP contribution is 2.17. The van der Waals surface area contributed by atoms with Crippen molar-refractivity contribution in [2.45, 2.75) is 13.8 Å². The van der Waals surface area contributed by atoms with Crippen LogP contribution in [0.3, 0.4) is 0 Å². The van der Waals surface area contributed by atoms with Crippen molar-refractivity contribution in [3.05, 3.63) is 33.8 Å². The van der Waals surface area contributed by atoms with E-state index in [1.54, 1.807) is 0 Å². The number of amides is 1. The molecule has 0 unspecified atom stereocenters. The summed E-state index contributed by atoms with van der Waals surface area (Å²) in [6.07, 6.45) is 0. The van der Waals surface area contributed by atoms with E-state index in [4.69, 9.17) is 0 Å². The first-order valence-electron chi connectivity index (χ1n) is 5.77. The van der Waals surface area contributed by atoms with Crippen LogP contribution >= 0.6 is 15.9 Å². The second-order valence-corrected chi connectivity index (χ2v) is 4.97. The molecule has 0 radical (unpaired) electrons. The molecule has 0 spiro atoms. The number of carbonyl (C=O) groups excluding carboxylic acids is 1. The molecule has 0 aliphatic rings. The number of likely N-dealkylation sites (N-methyl/N-ethyl adjacent to an activating group) is 1. The molecule has 17 heavy (non-hydrogen) atoms. The van der Waals surface area contributed by atoms with Crippen molar-refractivity contribution in [2.24, 2.45) is 0 Å². The maximum atomic E-state index is 11.8. The third-order valence-electron chi connectivity index (χ3n) is 2.75. The minimum Gasteiger partial charge on any atom is -0.351 e. The average Bonchev–Trinajstić information content (AvgIpc) is 2.32. The van der Waals surface area contributed by atoms with Crippen molar-refractivity contribution < 1.29 is 4.79 Å². The Hall–Kier alpha value is -0.870. The van der Waals surface area contributed by atoms with Crippen molar-refractivity contribution in [1.82, 2.24) is 10.2 Å². The van der Waals surface area contributed by atoms with Gasteiger partial charge in [0.15, 0.2) is 0 Å². The van der Waals surface area contributed by atoms with Crippen LogP contribution in [0.4, 0.5) is 0 Å². The molecule has 94 valence electrons. The zero-order chi connectivity index (χ0) is 12.8. The number of benzene rings is 1. The van der Waals surface area contributed by atoms with E-state index in [0.29, 0.717) is 12.1 Å². The molecule has 3 nitrogen and oxygen atoms in total. The predicted molar refractivity (Wildman–Crippen MR) is 74.4 cm³/mol. The lowest BCUT2D eigenvalue weighted by Crippen LogP contribution is -2.32. The van der Waals surface area contributed by atoms with Crippen LogP contribution in [0.2, 0.25) is 0 Å². The molecular weight excluding hydrogens is 280 g/mol. The lowest BCUT2D eigenvalue weighted by Gasteiger charge is -2.14. The lowest BCUT2D eigenvalue weighted by atomic mass is 10.1. The maximum absolute atomic E-state index is 11.8. The van der Waals surface area contributed by atoms with Gasteiger partial charge in [-0.3, -0.25) is 4.79 Å². The molecule has 1 N–H and O–H groups in total. The van der Waals surface area contributed by atoms with Crippen LogP contribution in [-0.2, 0) is 0 Å². The maximum Gasteiger partial charge on any atom is 0.251 e. The summed E-state index contributed by atoms with van der Waals surface area (Å²) in [6, 6.07) is 5.64. The number of hydrogen-bond donors (Lipinski definition) is 1. The Kier molecular flexibility index (Phi) is 5.65. The minimum absolute atomic E-state index is 0.0183. The molecule has 4 heteroatoms. The average molecular weight is 299 g/mol. The lowest BCUT2D eigenvalue weighted by molar-refractivity contribution is 0.0950. The van der Waals surface area contributed by atoms with Gasteiger partial charge >= 0.3 is 0 Å². The summed E-state index contributed by atoms with van der Waals surface area (Å²) in [7, 11) is 2.04. The van der Waals surface area contributed by atoms with Gasteiger partial charge < -0.3 is 10.2 Å². The second-order valence-electron chi connectivity index (χ2n) is 4.12. The number of nitrogens with zero attached hydrogens (tertiary/aromatic N) is 1. The van der Waals surface area contributed by atoms with Crippen molar-refractivity contribution >= 4 is 21.8 Å². The van der Waals surface area contributed by atoms with E-state index in [-0.39, 0.29) is 5.91 Å². The first kappa shape index (κ1) is 14.2. The van der Waals surface area contributed by atoms with Crippen LogP contribution in [0.5, 0.6) is 0 Å². The molecule has 0 aromatic heterocycles. The second kappa shape index (κ2) is 6.77. The summed E-state index contributed by atoms with van der Waals surface area (Å²) in [6.45, 7) is 6.64. The quantitative estimate of drug-likeness (QED) is 0.905. The predicted octanol–water partition coefficient (Wildman–Crippen LogP) is 2.44. The first-order valence-corrected chi connectivity index (χ1v) is 6.56. The number of halogens is 1. The summed E-state index contributed by atoms with van der Waals surface area (Å²) in [5.41, 5.74) is 1.83. The summed E-state index contributed by atoms with van der Waals surface area (Å²) in [5.74, 6) is -0.0183. The molecule has 0 heterocycles. The molecule has 0 fully saturated rings. The number of rotatable bonds is 5. The number of nitrogens with one attached hydrogen (secondary N) is 1. The third kappa shape index (κ3) is 4.48. The Morgan fingerprint density at radius 2 is 2.18 bits per heavy atom. The van der Waals surface area contributed by atoms with Crippen LogP contribution in [0.15, 0.2) is 22.7 Å².